The smallest absolute Gasteiger partial charge is 0.0655 e. The summed E-state index contributed by atoms with van der Waals surface area (Å²) in [6, 6.07) is 1.27. The Kier molecular flexibility index (Phi) is 4.83. The van der Waals surface area contributed by atoms with Crippen molar-refractivity contribution in [3.63, 3.8) is 0 Å². The highest BCUT2D eigenvalue weighted by Crippen LogP contribution is 2.46. The maximum absolute atomic E-state index is 5.90. The van der Waals surface area contributed by atoms with Crippen molar-refractivity contribution in [3.05, 3.63) is 0 Å². The molecule has 0 spiro atoms. The van der Waals surface area contributed by atoms with E-state index in [4.69, 9.17) is 4.74 Å². The van der Waals surface area contributed by atoms with Gasteiger partial charge >= 0.3 is 0 Å². The molecule has 1 saturated heterocycles. The van der Waals surface area contributed by atoms with Crippen molar-refractivity contribution >= 4 is 0 Å². The molecule has 118 valence electrons. The molecule has 0 radical (unpaired) electrons. The highest BCUT2D eigenvalue weighted by molar-refractivity contribution is 5.05. The zero-order chi connectivity index (χ0) is 15.0. The molecule has 2 fully saturated rings. The lowest BCUT2D eigenvalue weighted by atomic mass is 9.63. The lowest BCUT2D eigenvalue weighted by Crippen LogP contribution is -2.63. The third-order valence-electron chi connectivity index (χ3n) is 5.41. The summed E-state index contributed by atoms with van der Waals surface area (Å²) < 4.78 is 5.90. The first-order valence-corrected chi connectivity index (χ1v) is 8.36. The predicted octanol–water partition coefficient (Wildman–Crippen LogP) is 2.90. The lowest BCUT2D eigenvalue weighted by Gasteiger charge is -2.56. The third-order valence-corrected chi connectivity index (χ3v) is 5.41. The molecule has 1 N–H and O–H groups in total. The van der Waals surface area contributed by atoms with E-state index in [1.807, 2.05) is 0 Å². The van der Waals surface area contributed by atoms with Gasteiger partial charge in [-0.1, -0.05) is 34.6 Å². The maximum Gasteiger partial charge on any atom is 0.0655 e. The van der Waals surface area contributed by atoms with E-state index in [-0.39, 0.29) is 0 Å². The van der Waals surface area contributed by atoms with E-state index in [0.29, 0.717) is 29.0 Å². The normalized spacial score (nSPS) is 35.4. The Bertz CT molecular complexity index is 321. The Labute approximate surface area is 125 Å². The average molecular weight is 282 g/mol. The van der Waals surface area contributed by atoms with Crippen LogP contribution in [0.5, 0.6) is 0 Å². The summed E-state index contributed by atoms with van der Waals surface area (Å²) in [6.45, 7) is 18.3. The van der Waals surface area contributed by atoms with Gasteiger partial charge in [-0.05, 0) is 38.3 Å². The highest BCUT2D eigenvalue weighted by atomic mass is 16.5. The van der Waals surface area contributed by atoms with Crippen LogP contribution in [0.3, 0.4) is 0 Å². The van der Waals surface area contributed by atoms with E-state index in [0.717, 1.165) is 13.2 Å². The zero-order valence-corrected chi connectivity index (χ0v) is 14.3. The lowest BCUT2D eigenvalue weighted by molar-refractivity contribution is -0.151. The molecule has 3 unspecified atom stereocenters. The minimum absolute atomic E-state index is 0.294. The summed E-state index contributed by atoms with van der Waals surface area (Å²) in [5.41, 5.74) is 0.624. The highest BCUT2D eigenvalue weighted by Gasteiger charge is 2.51. The van der Waals surface area contributed by atoms with Gasteiger partial charge in [0.05, 0.1) is 6.10 Å². The molecule has 1 aliphatic heterocycles. The van der Waals surface area contributed by atoms with Crippen LogP contribution in [-0.2, 0) is 4.74 Å². The van der Waals surface area contributed by atoms with Crippen LogP contribution >= 0.6 is 0 Å². The number of hydrogen-bond acceptors (Lipinski definition) is 3. The molecule has 3 atom stereocenters. The van der Waals surface area contributed by atoms with Crippen LogP contribution in [-0.4, -0.2) is 49.3 Å². The van der Waals surface area contributed by atoms with Crippen LogP contribution in [0.1, 0.15) is 54.4 Å². The molecule has 3 nitrogen and oxygen atoms in total. The SMILES string of the molecule is CCOC1CC(N2CCCNC(C(C)(C)C)C2)C1(C)C. The van der Waals surface area contributed by atoms with Gasteiger partial charge in [0.1, 0.15) is 0 Å². The van der Waals surface area contributed by atoms with Crippen LogP contribution in [0.15, 0.2) is 0 Å². The second kappa shape index (κ2) is 5.94. The third kappa shape index (κ3) is 3.20. The molecule has 0 amide bonds. The first-order chi connectivity index (χ1) is 9.26. The number of ether oxygens (including phenoxy) is 1. The fourth-order valence-corrected chi connectivity index (χ4v) is 3.78. The molecular formula is C17H34N2O. The van der Waals surface area contributed by atoms with E-state index in [1.54, 1.807) is 0 Å². The van der Waals surface area contributed by atoms with E-state index in [9.17, 15) is 0 Å². The van der Waals surface area contributed by atoms with Crippen molar-refractivity contribution < 1.29 is 4.74 Å². The molecule has 0 aromatic rings. The van der Waals surface area contributed by atoms with Crippen LogP contribution < -0.4 is 5.32 Å². The number of rotatable bonds is 3. The Hall–Kier alpha value is -0.120. The van der Waals surface area contributed by atoms with Gasteiger partial charge in [0.25, 0.3) is 0 Å². The van der Waals surface area contributed by atoms with Crippen LogP contribution in [0.2, 0.25) is 0 Å². The van der Waals surface area contributed by atoms with Crippen LogP contribution in [0, 0.1) is 10.8 Å². The molecule has 2 rings (SSSR count). The number of nitrogens with zero attached hydrogens (tertiary/aromatic N) is 1. The average Bonchev–Trinajstić information content (AvgIpc) is 2.59. The molecule has 2 aliphatic rings. The van der Waals surface area contributed by atoms with Gasteiger partial charge in [-0.25, -0.2) is 0 Å². The largest absolute Gasteiger partial charge is 0.378 e. The minimum Gasteiger partial charge on any atom is -0.378 e. The summed E-state index contributed by atoms with van der Waals surface area (Å²) in [4.78, 5) is 2.73. The Balaban J connectivity index is 2.01. The van der Waals surface area contributed by atoms with Gasteiger partial charge in [-0.2, -0.15) is 0 Å². The quantitative estimate of drug-likeness (QED) is 0.861. The molecule has 1 heterocycles. The van der Waals surface area contributed by atoms with Gasteiger partial charge in [0, 0.05) is 30.7 Å². The van der Waals surface area contributed by atoms with Gasteiger partial charge in [-0.3, -0.25) is 4.90 Å². The molecule has 3 heteroatoms. The van der Waals surface area contributed by atoms with E-state index in [1.165, 1.54) is 25.9 Å². The minimum atomic E-state index is 0.294. The molecule has 0 aromatic heterocycles. The second-order valence-corrected chi connectivity index (χ2v) is 8.24. The van der Waals surface area contributed by atoms with Crippen molar-refractivity contribution in [3.8, 4) is 0 Å². The summed E-state index contributed by atoms with van der Waals surface area (Å²) in [6.07, 6.45) is 2.91. The molecule has 1 aliphatic carbocycles. The monoisotopic (exact) mass is 282 g/mol. The van der Waals surface area contributed by atoms with E-state index in [2.05, 4.69) is 51.8 Å². The molecule has 0 aromatic carbocycles. The molecule has 1 saturated carbocycles. The van der Waals surface area contributed by atoms with Crippen molar-refractivity contribution in [1.29, 1.82) is 0 Å². The first-order valence-electron chi connectivity index (χ1n) is 8.36. The summed E-state index contributed by atoms with van der Waals surface area (Å²) in [5.74, 6) is 0. The number of nitrogens with one attached hydrogen (secondary N) is 1. The fraction of sp³-hybridized carbons (Fsp3) is 1.00. The number of hydrogen-bond donors (Lipinski definition) is 1. The fourth-order valence-electron chi connectivity index (χ4n) is 3.78. The second-order valence-electron chi connectivity index (χ2n) is 8.24. The van der Waals surface area contributed by atoms with Crippen LogP contribution in [0.4, 0.5) is 0 Å². The summed E-state index contributed by atoms with van der Waals surface area (Å²) in [7, 11) is 0. The van der Waals surface area contributed by atoms with Crippen molar-refractivity contribution in [2.75, 3.05) is 26.2 Å². The van der Waals surface area contributed by atoms with Gasteiger partial charge in [0.2, 0.25) is 0 Å². The zero-order valence-electron chi connectivity index (χ0n) is 14.3. The Morgan fingerprint density at radius 3 is 2.55 bits per heavy atom. The predicted molar refractivity (Wildman–Crippen MR) is 85.0 cm³/mol. The summed E-state index contributed by atoms with van der Waals surface area (Å²) >= 11 is 0. The van der Waals surface area contributed by atoms with Gasteiger partial charge in [-0.15, -0.1) is 0 Å². The van der Waals surface area contributed by atoms with Crippen molar-refractivity contribution in [2.24, 2.45) is 10.8 Å². The molecule has 0 bridgehead atoms. The Morgan fingerprint density at radius 1 is 1.30 bits per heavy atom. The van der Waals surface area contributed by atoms with Gasteiger partial charge < -0.3 is 10.1 Å². The standard InChI is InChI=1S/C17H34N2O/c1-7-20-15-11-14(17(15,5)6)19-10-8-9-18-13(12-19)16(2,3)4/h13-15,18H,7-12H2,1-6H3. The first kappa shape index (κ1) is 16.3. The molecular weight excluding hydrogens is 248 g/mol. The van der Waals surface area contributed by atoms with Crippen molar-refractivity contribution in [2.45, 2.75) is 72.6 Å². The Morgan fingerprint density at radius 2 is 2.00 bits per heavy atom. The molecule has 20 heavy (non-hydrogen) atoms. The van der Waals surface area contributed by atoms with E-state index >= 15 is 0 Å². The van der Waals surface area contributed by atoms with Gasteiger partial charge in [0.15, 0.2) is 0 Å². The topological polar surface area (TPSA) is 24.5 Å². The maximum atomic E-state index is 5.90. The van der Waals surface area contributed by atoms with E-state index < -0.39 is 0 Å². The van der Waals surface area contributed by atoms with Crippen LogP contribution in [0.25, 0.3) is 0 Å². The van der Waals surface area contributed by atoms with Crippen molar-refractivity contribution in [1.82, 2.24) is 10.2 Å². The summed E-state index contributed by atoms with van der Waals surface area (Å²) in [5, 5.41) is 3.75.